The fourth-order valence-electron chi connectivity index (χ4n) is 1.38. The summed E-state index contributed by atoms with van der Waals surface area (Å²) in [6, 6.07) is 9.50. The Hall–Kier alpha value is -1.45. The van der Waals surface area contributed by atoms with Gasteiger partial charge in [-0.3, -0.25) is 4.98 Å². The molecule has 72 valence electrons. The molecule has 0 saturated heterocycles. The highest BCUT2D eigenvalue weighted by atomic mass is 16.3. The van der Waals surface area contributed by atoms with Crippen molar-refractivity contribution in [1.82, 2.24) is 4.98 Å². The third kappa shape index (κ3) is 1.60. The molecule has 0 fully saturated rings. The summed E-state index contributed by atoms with van der Waals surface area (Å²) in [6.07, 6.45) is 0.746. The lowest BCUT2D eigenvalue weighted by atomic mass is 10.1. The van der Waals surface area contributed by atoms with E-state index in [0.717, 1.165) is 10.9 Å². The van der Waals surface area contributed by atoms with E-state index in [1.165, 1.54) is 0 Å². The van der Waals surface area contributed by atoms with Gasteiger partial charge in [0.25, 0.3) is 0 Å². The first kappa shape index (κ1) is 9.12. The first-order valence-corrected chi connectivity index (χ1v) is 4.45. The van der Waals surface area contributed by atoms with Crippen molar-refractivity contribution in [3.63, 3.8) is 0 Å². The van der Waals surface area contributed by atoms with Crippen molar-refractivity contribution in [2.45, 2.75) is 6.10 Å². The van der Waals surface area contributed by atoms with Gasteiger partial charge in [-0.05, 0) is 12.1 Å². The highest BCUT2D eigenvalue weighted by Crippen LogP contribution is 2.17. The molecule has 0 aliphatic carbocycles. The number of rotatable bonds is 2. The zero-order chi connectivity index (χ0) is 9.97. The topological polar surface area (TPSA) is 53.4 Å². The second-order valence-corrected chi connectivity index (χ2v) is 3.16. The number of hydrogen-bond donors (Lipinski definition) is 2. The molecule has 0 spiro atoms. The Morgan fingerprint density at radius 3 is 2.86 bits per heavy atom. The van der Waals surface area contributed by atoms with E-state index in [1.807, 2.05) is 30.3 Å². The van der Waals surface area contributed by atoms with Crippen LogP contribution in [0.3, 0.4) is 0 Å². The van der Waals surface area contributed by atoms with E-state index in [1.54, 1.807) is 6.20 Å². The lowest BCUT2D eigenvalue weighted by Crippen LogP contribution is -2.02. The summed E-state index contributed by atoms with van der Waals surface area (Å²) in [5.74, 6) is 0. The fourth-order valence-corrected chi connectivity index (χ4v) is 1.38. The minimum Gasteiger partial charge on any atom is -0.393 e. The van der Waals surface area contributed by atoms with Crippen molar-refractivity contribution in [3.05, 3.63) is 42.1 Å². The molecule has 1 aromatic carbocycles. The van der Waals surface area contributed by atoms with Crippen molar-refractivity contribution in [3.8, 4) is 0 Å². The van der Waals surface area contributed by atoms with Crippen molar-refractivity contribution in [1.29, 1.82) is 0 Å². The molecule has 3 nitrogen and oxygen atoms in total. The van der Waals surface area contributed by atoms with Crippen LogP contribution in [0.5, 0.6) is 0 Å². The van der Waals surface area contributed by atoms with E-state index in [2.05, 4.69) is 4.98 Å². The van der Waals surface area contributed by atoms with Crippen LogP contribution in [-0.4, -0.2) is 21.8 Å². The van der Waals surface area contributed by atoms with Gasteiger partial charge in [-0.15, -0.1) is 0 Å². The van der Waals surface area contributed by atoms with Crippen LogP contribution in [0.4, 0.5) is 0 Å². The summed E-state index contributed by atoms with van der Waals surface area (Å²) in [5.41, 5.74) is 1.53. The molecule has 0 amide bonds. The molecule has 0 aliphatic heterocycles. The lowest BCUT2D eigenvalue weighted by Gasteiger charge is -2.07. The third-order valence-corrected chi connectivity index (χ3v) is 2.17. The third-order valence-electron chi connectivity index (χ3n) is 2.17. The van der Waals surface area contributed by atoms with Gasteiger partial charge < -0.3 is 10.2 Å². The Morgan fingerprint density at radius 1 is 1.29 bits per heavy atom. The minimum absolute atomic E-state index is 0.278. The van der Waals surface area contributed by atoms with Gasteiger partial charge in [0.15, 0.2) is 0 Å². The molecule has 1 aromatic heterocycles. The van der Waals surface area contributed by atoms with Gasteiger partial charge in [-0.1, -0.05) is 18.2 Å². The fraction of sp³-hybridized carbons (Fsp3) is 0.182. The number of aliphatic hydroxyl groups is 2. The van der Waals surface area contributed by atoms with Crippen LogP contribution in [0.25, 0.3) is 10.9 Å². The number of aromatic nitrogens is 1. The number of fused-ring (bicyclic) bond motifs is 1. The molecule has 0 saturated carbocycles. The average Bonchev–Trinajstić information content (AvgIpc) is 2.27. The largest absolute Gasteiger partial charge is 0.393 e. The van der Waals surface area contributed by atoms with Crippen LogP contribution in [0.1, 0.15) is 11.7 Å². The zero-order valence-corrected chi connectivity index (χ0v) is 7.59. The predicted molar refractivity (Wildman–Crippen MR) is 53.8 cm³/mol. The van der Waals surface area contributed by atoms with Crippen LogP contribution >= 0.6 is 0 Å². The molecule has 1 atom stereocenters. The highest BCUT2D eigenvalue weighted by molar-refractivity contribution is 5.78. The number of benzene rings is 1. The second-order valence-electron chi connectivity index (χ2n) is 3.16. The van der Waals surface area contributed by atoms with E-state index in [9.17, 15) is 5.11 Å². The SMILES string of the molecule is OCC(O)c1cnc2ccccc2c1. The van der Waals surface area contributed by atoms with Crippen molar-refractivity contribution in [2.75, 3.05) is 6.61 Å². The normalized spacial score (nSPS) is 13.0. The van der Waals surface area contributed by atoms with E-state index < -0.39 is 6.10 Å². The molecule has 0 aliphatic rings. The maximum Gasteiger partial charge on any atom is 0.104 e. The Bertz CT molecular complexity index is 442. The van der Waals surface area contributed by atoms with Gasteiger partial charge in [0.05, 0.1) is 12.1 Å². The Kier molecular flexibility index (Phi) is 2.43. The summed E-state index contributed by atoms with van der Waals surface area (Å²) < 4.78 is 0. The number of para-hydroxylation sites is 1. The average molecular weight is 189 g/mol. The van der Waals surface area contributed by atoms with Crippen LogP contribution in [0.15, 0.2) is 36.5 Å². The molecule has 0 radical (unpaired) electrons. The first-order chi connectivity index (χ1) is 6.81. The molecule has 3 heteroatoms. The van der Waals surface area contributed by atoms with E-state index >= 15 is 0 Å². The van der Waals surface area contributed by atoms with Gasteiger partial charge in [-0.25, -0.2) is 0 Å². The lowest BCUT2D eigenvalue weighted by molar-refractivity contribution is 0.0955. The summed E-state index contributed by atoms with van der Waals surface area (Å²) in [6.45, 7) is -0.278. The van der Waals surface area contributed by atoms with Gasteiger partial charge in [0.1, 0.15) is 6.10 Å². The molecule has 0 bridgehead atoms. The molecule has 2 aromatic rings. The van der Waals surface area contributed by atoms with Crippen LogP contribution in [0.2, 0.25) is 0 Å². The maximum absolute atomic E-state index is 9.40. The maximum atomic E-state index is 9.40. The van der Waals surface area contributed by atoms with Gasteiger partial charge in [0.2, 0.25) is 0 Å². The Balaban J connectivity index is 2.51. The second kappa shape index (κ2) is 3.74. The quantitative estimate of drug-likeness (QED) is 0.747. The Morgan fingerprint density at radius 2 is 2.07 bits per heavy atom. The molecular weight excluding hydrogens is 178 g/mol. The zero-order valence-electron chi connectivity index (χ0n) is 7.59. The summed E-state index contributed by atoms with van der Waals surface area (Å²) in [7, 11) is 0. The van der Waals surface area contributed by atoms with Crippen molar-refractivity contribution in [2.24, 2.45) is 0 Å². The number of aliphatic hydroxyl groups excluding tert-OH is 2. The Labute approximate surface area is 81.7 Å². The van der Waals surface area contributed by atoms with Crippen LogP contribution in [0, 0.1) is 0 Å². The predicted octanol–water partition coefficient (Wildman–Crippen LogP) is 1.26. The number of pyridine rings is 1. The van der Waals surface area contributed by atoms with Crippen LogP contribution < -0.4 is 0 Å². The molecule has 14 heavy (non-hydrogen) atoms. The van der Waals surface area contributed by atoms with Gasteiger partial charge in [-0.2, -0.15) is 0 Å². The highest BCUT2D eigenvalue weighted by Gasteiger charge is 2.06. The number of nitrogens with zero attached hydrogens (tertiary/aromatic N) is 1. The van der Waals surface area contributed by atoms with Crippen molar-refractivity contribution >= 4 is 10.9 Å². The first-order valence-electron chi connectivity index (χ1n) is 4.45. The van der Waals surface area contributed by atoms with Crippen molar-refractivity contribution < 1.29 is 10.2 Å². The molecule has 1 unspecified atom stereocenters. The van der Waals surface area contributed by atoms with Gasteiger partial charge in [0, 0.05) is 17.1 Å². The summed E-state index contributed by atoms with van der Waals surface area (Å²) >= 11 is 0. The molecule has 2 N–H and O–H groups in total. The summed E-state index contributed by atoms with van der Waals surface area (Å²) in [5, 5.41) is 19.2. The smallest absolute Gasteiger partial charge is 0.104 e. The van der Waals surface area contributed by atoms with E-state index in [0.29, 0.717) is 5.56 Å². The minimum atomic E-state index is -0.841. The molecule has 2 rings (SSSR count). The molecule has 1 heterocycles. The van der Waals surface area contributed by atoms with Crippen LogP contribution in [-0.2, 0) is 0 Å². The standard InChI is InChI=1S/C11H11NO2/c13-7-11(14)9-5-8-3-1-2-4-10(8)12-6-9/h1-6,11,13-14H,7H2. The monoisotopic (exact) mass is 189 g/mol. The van der Waals surface area contributed by atoms with E-state index in [4.69, 9.17) is 5.11 Å². The van der Waals surface area contributed by atoms with Gasteiger partial charge >= 0.3 is 0 Å². The van der Waals surface area contributed by atoms with E-state index in [-0.39, 0.29) is 6.61 Å². The summed E-state index contributed by atoms with van der Waals surface area (Å²) in [4.78, 5) is 4.18. The molecular formula is C11H11NO2. The number of hydrogen-bond acceptors (Lipinski definition) is 3.